The Morgan fingerprint density at radius 3 is 2.44 bits per heavy atom. The van der Waals surface area contributed by atoms with E-state index < -0.39 is 0 Å². The lowest BCUT2D eigenvalue weighted by atomic mass is 10.0. The van der Waals surface area contributed by atoms with E-state index in [0.717, 1.165) is 25.5 Å². The Labute approximate surface area is 166 Å². The van der Waals surface area contributed by atoms with E-state index in [1.54, 1.807) is 0 Å². The van der Waals surface area contributed by atoms with Crippen molar-refractivity contribution in [1.82, 2.24) is 20.4 Å². The van der Waals surface area contributed by atoms with Crippen LogP contribution in [0.4, 0.5) is 0 Å². The molecule has 2 rings (SSSR count). The summed E-state index contributed by atoms with van der Waals surface area (Å²) >= 11 is 0. The van der Waals surface area contributed by atoms with Crippen LogP contribution in [0.2, 0.25) is 0 Å². The van der Waals surface area contributed by atoms with Gasteiger partial charge in [0.05, 0.1) is 0 Å². The van der Waals surface area contributed by atoms with Crippen LogP contribution in [0.25, 0.3) is 0 Å². The van der Waals surface area contributed by atoms with Gasteiger partial charge in [-0.15, -0.1) is 0 Å². The van der Waals surface area contributed by atoms with Gasteiger partial charge in [-0.2, -0.15) is 0 Å². The van der Waals surface area contributed by atoms with Crippen molar-refractivity contribution in [3.05, 3.63) is 35.9 Å². The van der Waals surface area contributed by atoms with Crippen LogP contribution in [0.3, 0.4) is 0 Å². The number of benzene rings is 1. The number of piperidine rings is 1. The normalized spacial score (nSPS) is 18.1. The van der Waals surface area contributed by atoms with Gasteiger partial charge in [0.25, 0.3) is 0 Å². The summed E-state index contributed by atoms with van der Waals surface area (Å²) in [6.07, 6.45) is 3.47. The summed E-state index contributed by atoms with van der Waals surface area (Å²) in [5.74, 6) is 0.941. The Morgan fingerprint density at radius 2 is 1.85 bits per heavy atom. The SMILES string of the molecule is CN=C(NCCC(C)N(C)Cc1ccccc1)NC1CCN(C(C)C)CC1. The molecule has 0 radical (unpaired) electrons. The number of rotatable bonds is 8. The lowest BCUT2D eigenvalue weighted by Crippen LogP contribution is -2.50. The molecule has 0 saturated carbocycles. The van der Waals surface area contributed by atoms with E-state index in [2.05, 4.69) is 83.6 Å². The molecule has 5 nitrogen and oxygen atoms in total. The summed E-state index contributed by atoms with van der Waals surface area (Å²) in [6, 6.07) is 12.4. The third kappa shape index (κ3) is 7.51. The van der Waals surface area contributed by atoms with E-state index in [1.165, 1.54) is 31.5 Å². The van der Waals surface area contributed by atoms with Crippen molar-refractivity contribution < 1.29 is 0 Å². The van der Waals surface area contributed by atoms with Crippen LogP contribution in [0.5, 0.6) is 0 Å². The number of nitrogens with one attached hydrogen (secondary N) is 2. The first kappa shape index (κ1) is 21.7. The second-order valence-corrected chi connectivity index (χ2v) is 8.09. The number of hydrogen-bond donors (Lipinski definition) is 2. The number of guanidine groups is 1. The minimum absolute atomic E-state index is 0.519. The monoisotopic (exact) mass is 373 g/mol. The van der Waals surface area contributed by atoms with Gasteiger partial charge >= 0.3 is 0 Å². The number of nitrogens with zero attached hydrogens (tertiary/aromatic N) is 3. The van der Waals surface area contributed by atoms with Crippen LogP contribution < -0.4 is 10.6 Å². The second kappa shape index (κ2) is 11.3. The Morgan fingerprint density at radius 1 is 1.19 bits per heavy atom. The van der Waals surface area contributed by atoms with Crippen molar-refractivity contribution in [3.63, 3.8) is 0 Å². The van der Waals surface area contributed by atoms with Gasteiger partial charge < -0.3 is 15.5 Å². The van der Waals surface area contributed by atoms with Crippen molar-refractivity contribution in [2.75, 3.05) is 33.7 Å². The highest BCUT2D eigenvalue weighted by Crippen LogP contribution is 2.13. The van der Waals surface area contributed by atoms with E-state index >= 15 is 0 Å². The molecular weight excluding hydrogens is 334 g/mol. The van der Waals surface area contributed by atoms with Crippen molar-refractivity contribution in [1.29, 1.82) is 0 Å². The number of hydrogen-bond acceptors (Lipinski definition) is 3. The molecule has 1 aromatic carbocycles. The summed E-state index contributed by atoms with van der Waals surface area (Å²) < 4.78 is 0. The maximum Gasteiger partial charge on any atom is 0.191 e. The van der Waals surface area contributed by atoms with E-state index in [9.17, 15) is 0 Å². The van der Waals surface area contributed by atoms with E-state index in [1.807, 2.05) is 7.05 Å². The minimum Gasteiger partial charge on any atom is -0.356 e. The highest BCUT2D eigenvalue weighted by Gasteiger charge is 2.21. The molecule has 2 N–H and O–H groups in total. The zero-order valence-electron chi connectivity index (χ0n) is 17.9. The molecule has 1 atom stereocenters. The van der Waals surface area contributed by atoms with Gasteiger partial charge in [-0.05, 0) is 52.6 Å². The van der Waals surface area contributed by atoms with Gasteiger partial charge in [0.1, 0.15) is 0 Å². The van der Waals surface area contributed by atoms with E-state index in [-0.39, 0.29) is 0 Å². The molecular formula is C22H39N5. The number of likely N-dealkylation sites (tertiary alicyclic amines) is 1. The Balaban J connectivity index is 1.67. The highest BCUT2D eigenvalue weighted by atomic mass is 15.2. The average molecular weight is 374 g/mol. The first-order chi connectivity index (χ1) is 13.0. The Hall–Kier alpha value is -1.59. The van der Waals surface area contributed by atoms with Gasteiger partial charge in [-0.1, -0.05) is 30.3 Å². The maximum atomic E-state index is 4.41. The molecule has 1 aliphatic rings. The van der Waals surface area contributed by atoms with Crippen molar-refractivity contribution >= 4 is 5.96 Å². The number of aliphatic imine (C=N–C) groups is 1. The molecule has 1 aliphatic heterocycles. The fourth-order valence-electron chi connectivity index (χ4n) is 3.60. The molecule has 1 aromatic rings. The van der Waals surface area contributed by atoms with Crippen LogP contribution in [0.15, 0.2) is 35.3 Å². The van der Waals surface area contributed by atoms with Crippen molar-refractivity contribution in [2.45, 2.75) is 64.7 Å². The molecule has 0 aliphatic carbocycles. The first-order valence-corrected chi connectivity index (χ1v) is 10.4. The van der Waals surface area contributed by atoms with Gasteiger partial charge in [0.15, 0.2) is 5.96 Å². The van der Waals surface area contributed by atoms with E-state index in [4.69, 9.17) is 0 Å². The van der Waals surface area contributed by atoms with E-state index in [0.29, 0.717) is 18.1 Å². The molecule has 0 bridgehead atoms. The Bertz CT molecular complexity index is 549. The van der Waals surface area contributed by atoms with Gasteiger partial charge in [-0.3, -0.25) is 9.89 Å². The fraction of sp³-hybridized carbons (Fsp3) is 0.682. The fourth-order valence-corrected chi connectivity index (χ4v) is 3.60. The molecule has 1 fully saturated rings. The zero-order chi connectivity index (χ0) is 19.6. The van der Waals surface area contributed by atoms with Crippen LogP contribution in [-0.4, -0.2) is 67.6 Å². The van der Waals surface area contributed by atoms with Crippen LogP contribution >= 0.6 is 0 Å². The molecule has 152 valence electrons. The predicted molar refractivity (Wildman–Crippen MR) is 116 cm³/mol. The summed E-state index contributed by atoms with van der Waals surface area (Å²) in [5.41, 5.74) is 1.37. The quantitative estimate of drug-likeness (QED) is 0.543. The van der Waals surface area contributed by atoms with Gasteiger partial charge in [-0.25, -0.2) is 0 Å². The largest absolute Gasteiger partial charge is 0.356 e. The lowest BCUT2D eigenvalue weighted by Gasteiger charge is -2.35. The van der Waals surface area contributed by atoms with Crippen LogP contribution in [0.1, 0.15) is 45.6 Å². The van der Waals surface area contributed by atoms with Crippen LogP contribution in [-0.2, 0) is 6.54 Å². The molecule has 1 unspecified atom stereocenters. The molecule has 27 heavy (non-hydrogen) atoms. The third-order valence-electron chi connectivity index (χ3n) is 5.71. The first-order valence-electron chi connectivity index (χ1n) is 10.4. The predicted octanol–water partition coefficient (Wildman–Crippen LogP) is 2.93. The Kier molecular flexibility index (Phi) is 9.08. The molecule has 0 amide bonds. The highest BCUT2D eigenvalue weighted by molar-refractivity contribution is 5.79. The average Bonchev–Trinajstić information content (AvgIpc) is 2.68. The lowest BCUT2D eigenvalue weighted by molar-refractivity contribution is 0.167. The summed E-state index contributed by atoms with van der Waals surface area (Å²) in [6.45, 7) is 11.1. The van der Waals surface area contributed by atoms with Gasteiger partial charge in [0.2, 0.25) is 0 Å². The smallest absolute Gasteiger partial charge is 0.191 e. The van der Waals surface area contributed by atoms with Crippen LogP contribution in [0, 0.1) is 0 Å². The molecule has 5 heteroatoms. The standard InChI is InChI=1S/C22H39N5/c1-18(2)27-15-12-21(13-16-27)25-22(23-4)24-14-11-19(3)26(5)17-20-9-7-6-8-10-20/h6-10,18-19,21H,11-17H2,1-5H3,(H2,23,24,25). The summed E-state index contributed by atoms with van der Waals surface area (Å²) in [7, 11) is 4.07. The van der Waals surface area contributed by atoms with Crippen molar-refractivity contribution in [2.24, 2.45) is 4.99 Å². The molecule has 0 aromatic heterocycles. The third-order valence-corrected chi connectivity index (χ3v) is 5.71. The molecule has 1 heterocycles. The minimum atomic E-state index is 0.519. The summed E-state index contributed by atoms with van der Waals surface area (Å²) in [4.78, 5) is 9.38. The molecule has 1 saturated heterocycles. The van der Waals surface area contributed by atoms with Crippen molar-refractivity contribution in [3.8, 4) is 0 Å². The maximum absolute atomic E-state index is 4.41. The topological polar surface area (TPSA) is 42.9 Å². The van der Waals surface area contributed by atoms with Gasteiger partial charge in [0, 0.05) is 51.4 Å². The molecule has 0 spiro atoms. The zero-order valence-corrected chi connectivity index (χ0v) is 17.9. The second-order valence-electron chi connectivity index (χ2n) is 8.09. The summed E-state index contributed by atoms with van der Waals surface area (Å²) in [5, 5.41) is 7.11.